The molecule has 1 heterocycles. The Balaban J connectivity index is 1.51. The van der Waals surface area contributed by atoms with E-state index < -0.39 is 0 Å². The van der Waals surface area contributed by atoms with Crippen molar-refractivity contribution in [2.45, 2.75) is 51.5 Å². The third-order valence-corrected chi connectivity index (χ3v) is 6.02. The predicted octanol–water partition coefficient (Wildman–Crippen LogP) is 2.92. The van der Waals surface area contributed by atoms with Gasteiger partial charge in [-0.25, -0.2) is 0 Å². The number of fused-ring (bicyclic) bond motifs is 1. The Labute approximate surface area is 162 Å². The summed E-state index contributed by atoms with van der Waals surface area (Å²) in [6.45, 7) is 7.55. The van der Waals surface area contributed by atoms with Crippen LogP contribution in [-0.2, 0) is 4.79 Å². The summed E-state index contributed by atoms with van der Waals surface area (Å²) in [5.41, 5.74) is 1.06. The highest BCUT2D eigenvalue weighted by Gasteiger charge is 2.21. The highest BCUT2D eigenvalue weighted by molar-refractivity contribution is 5.88. The summed E-state index contributed by atoms with van der Waals surface area (Å²) in [6.07, 6.45) is 5.11. The number of hydrogen-bond donors (Lipinski definition) is 2. The van der Waals surface area contributed by atoms with Gasteiger partial charge in [-0.15, -0.1) is 0 Å². The Bertz CT molecular complexity index is 774. The molecule has 3 rings (SSSR count). The summed E-state index contributed by atoms with van der Waals surface area (Å²) in [4.78, 5) is 14.3. The molecule has 146 valence electrons. The number of carbonyl (C=O) groups excluding carboxylic acids is 1. The van der Waals surface area contributed by atoms with Crippen molar-refractivity contribution in [3.63, 3.8) is 0 Å². The Morgan fingerprint density at radius 2 is 2.00 bits per heavy atom. The third-order valence-electron chi connectivity index (χ3n) is 6.02. The molecule has 27 heavy (non-hydrogen) atoms. The highest BCUT2D eigenvalue weighted by atomic mass is 16.5. The minimum absolute atomic E-state index is 0.115. The number of quaternary nitrogens is 1. The first-order valence-electron chi connectivity index (χ1n) is 10.3. The lowest BCUT2D eigenvalue weighted by atomic mass is 9.97. The van der Waals surface area contributed by atoms with Crippen LogP contribution in [0.5, 0.6) is 5.75 Å². The van der Waals surface area contributed by atoms with Gasteiger partial charge in [-0.05, 0) is 61.6 Å². The van der Waals surface area contributed by atoms with Gasteiger partial charge in [0.15, 0.2) is 0 Å². The minimum Gasteiger partial charge on any atom is -0.497 e. The van der Waals surface area contributed by atoms with Crippen molar-refractivity contribution in [2.75, 3.05) is 26.7 Å². The van der Waals surface area contributed by atoms with E-state index in [4.69, 9.17) is 4.74 Å². The average molecular weight is 370 g/mol. The van der Waals surface area contributed by atoms with E-state index in [1.165, 1.54) is 25.8 Å². The molecule has 0 aromatic heterocycles. The SMILES string of the molecule is COc1ccc2cc([C@H](C)C(=O)NCCC[NH+]3CCCC[C@H]3C)ccc2c1. The molecule has 1 saturated heterocycles. The zero-order valence-electron chi connectivity index (χ0n) is 16.9. The predicted molar refractivity (Wildman–Crippen MR) is 111 cm³/mol. The quantitative estimate of drug-likeness (QED) is 0.737. The third kappa shape index (κ3) is 5.01. The molecule has 0 saturated carbocycles. The fourth-order valence-electron chi connectivity index (χ4n) is 4.09. The maximum atomic E-state index is 12.6. The molecule has 4 nitrogen and oxygen atoms in total. The van der Waals surface area contributed by atoms with E-state index >= 15 is 0 Å². The lowest BCUT2D eigenvalue weighted by Gasteiger charge is -2.30. The first-order chi connectivity index (χ1) is 13.1. The van der Waals surface area contributed by atoms with E-state index in [1.54, 1.807) is 12.0 Å². The molecule has 2 N–H and O–H groups in total. The molecule has 1 unspecified atom stereocenters. The lowest BCUT2D eigenvalue weighted by Crippen LogP contribution is -3.16. The van der Waals surface area contributed by atoms with Crippen molar-refractivity contribution in [3.05, 3.63) is 42.0 Å². The number of likely N-dealkylation sites (tertiary alicyclic amines) is 1. The van der Waals surface area contributed by atoms with Gasteiger partial charge in [-0.1, -0.05) is 24.3 Å². The van der Waals surface area contributed by atoms with E-state index in [0.29, 0.717) is 0 Å². The number of rotatable bonds is 7. The van der Waals surface area contributed by atoms with Crippen LogP contribution < -0.4 is 15.0 Å². The number of hydrogen-bond acceptors (Lipinski definition) is 2. The van der Waals surface area contributed by atoms with Crippen LogP contribution in [0.15, 0.2) is 36.4 Å². The van der Waals surface area contributed by atoms with Crippen molar-refractivity contribution in [2.24, 2.45) is 0 Å². The standard InChI is InChI=1S/C23H32N2O2/c1-17-7-4-5-13-25(17)14-6-12-24-23(26)18(2)19-8-9-21-16-22(27-3)11-10-20(21)15-19/h8-11,15-18H,4-7,12-14H2,1-3H3,(H,24,26)/p+1/t17-,18+/m1/s1. The molecule has 1 aliphatic heterocycles. The van der Waals surface area contributed by atoms with E-state index in [9.17, 15) is 4.79 Å². The largest absolute Gasteiger partial charge is 0.497 e. The monoisotopic (exact) mass is 369 g/mol. The Hall–Kier alpha value is -2.07. The highest BCUT2D eigenvalue weighted by Crippen LogP contribution is 2.25. The van der Waals surface area contributed by atoms with E-state index in [-0.39, 0.29) is 11.8 Å². The van der Waals surface area contributed by atoms with Crippen molar-refractivity contribution >= 4 is 16.7 Å². The van der Waals surface area contributed by atoms with Gasteiger partial charge in [0, 0.05) is 13.0 Å². The summed E-state index contributed by atoms with van der Waals surface area (Å²) < 4.78 is 5.28. The average Bonchev–Trinajstić information content (AvgIpc) is 2.70. The number of piperidine rings is 1. The summed E-state index contributed by atoms with van der Waals surface area (Å²) in [5.74, 6) is 0.827. The van der Waals surface area contributed by atoms with Gasteiger partial charge in [-0.3, -0.25) is 4.79 Å². The van der Waals surface area contributed by atoms with E-state index in [1.807, 2.05) is 31.2 Å². The second-order valence-corrected chi connectivity index (χ2v) is 7.89. The molecule has 1 aliphatic rings. The first-order valence-corrected chi connectivity index (χ1v) is 10.3. The summed E-state index contributed by atoms with van der Waals surface area (Å²) in [7, 11) is 1.68. The van der Waals surface area contributed by atoms with Crippen LogP contribution in [-0.4, -0.2) is 38.7 Å². The molecular weight excluding hydrogens is 336 g/mol. The smallest absolute Gasteiger partial charge is 0.227 e. The molecular formula is C23H33N2O2+. The molecule has 4 heteroatoms. The van der Waals surface area contributed by atoms with Crippen LogP contribution in [0, 0.1) is 0 Å². The van der Waals surface area contributed by atoms with Gasteiger partial charge >= 0.3 is 0 Å². The maximum absolute atomic E-state index is 12.6. The van der Waals surface area contributed by atoms with Crippen LogP contribution >= 0.6 is 0 Å². The molecule has 2 aromatic carbocycles. The topological polar surface area (TPSA) is 42.8 Å². The molecule has 0 aliphatic carbocycles. The second-order valence-electron chi connectivity index (χ2n) is 7.89. The summed E-state index contributed by atoms with van der Waals surface area (Å²) in [5, 5.41) is 5.39. The van der Waals surface area contributed by atoms with Gasteiger partial charge in [0.05, 0.1) is 32.2 Å². The molecule has 0 bridgehead atoms. The van der Waals surface area contributed by atoms with Crippen LogP contribution in [0.4, 0.5) is 0 Å². The zero-order chi connectivity index (χ0) is 19.2. The van der Waals surface area contributed by atoms with E-state index in [0.717, 1.165) is 47.6 Å². The Morgan fingerprint density at radius 3 is 2.78 bits per heavy atom. The number of carbonyl (C=O) groups is 1. The number of ether oxygens (including phenoxy) is 1. The maximum Gasteiger partial charge on any atom is 0.227 e. The molecule has 2 aromatic rings. The molecule has 1 fully saturated rings. The van der Waals surface area contributed by atoms with Crippen molar-refractivity contribution < 1.29 is 14.4 Å². The normalized spacial score (nSPS) is 21.0. The Morgan fingerprint density at radius 1 is 1.22 bits per heavy atom. The van der Waals surface area contributed by atoms with Crippen molar-refractivity contribution in [1.82, 2.24) is 5.32 Å². The van der Waals surface area contributed by atoms with Crippen LogP contribution in [0.3, 0.4) is 0 Å². The molecule has 0 spiro atoms. The number of amides is 1. The number of methoxy groups -OCH3 is 1. The van der Waals surface area contributed by atoms with Crippen LogP contribution in [0.2, 0.25) is 0 Å². The Kier molecular flexibility index (Phi) is 6.73. The number of nitrogens with one attached hydrogen (secondary N) is 2. The van der Waals surface area contributed by atoms with Gasteiger partial charge < -0.3 is 15.0 Å². The van der Waals surface area contributed by atoms with Crippen molar-refractivity contribution in [3.8, 4) is 5.75 Å². The van der Waals surface area contributed by atoms with Crippen molar-refractivity contribution in [1.29, 1.82) is 0 Å². The second kappa shape index (κ2) is 9.23. The minimum atomic E-state index is -0.141. The van der Waals surface area contributed by atoms with E-state index in [2.05, 4.69) is 24.4 Å². The van der Waals surface area contributed by atoms with Gasteiger partial charge in [0.2, 0.25) is 5.91 Å². The lowest BCUT2D eigenvalue weighted by molar-refractivity contribution is -0.928. The zero-order valence-corrected chi connectivity index (χ0v) is 16.9. The summed E-state index contributed by atoms with van der Waals surface area (Å²) >= 11 is 0. The van der Waals surface area contributed by atoms with Crippen LogP contribution in [0.25, 0.3) is 10.8 Å². The van der Waals surface area contributed by atoms with Crippen LogP contribution in [0.1, 0.15) is 51.0 Å². The van der Waals surface area contributed by atoms with Gasteiger partial charge in [0.1, 0.15) is 5.75 Å². The first kappa shape index (κ1) is 19.7. The fourth-order valence-corrected chi connectivity index (χ4v) is 4.09. The molecule has 0 radical (unpaired) electrons. The number of benzene rings is 2. The molecule has 3 atom stereocenters. The van der Waals surface area contributed by atoms with Gasteiger partial charge in [-0.2, -0.15) is 0 Å². The van der Waals surface area contributed by atoms with Gasteiger partial charge in [0.25, 0.3) is 0 Å². The summed E-state index contributed by atoms with van der Waals surface area (Å²) in [6, 6.07) is 13.0. The fraction of sp³-hybridized carbons (Fsp3) is 0.522. The molecule has 1 amide bonds.